The molecule has 0 unspecified atom stereocenters. The van der Waals surface area contributed by atoms with Crippen molar-refractivity contribution in [2.24, 2.45) is 5.92 Å². The van der Waals surface area contributed by atoms with E-state index in [1.807, 2.05) is 0 Å². The van der Waals surface area contributed by atoms with Crippen LogP contribution in [0.25, 0.3) is 11.0 Å². The third-order valence-corrected chi connectivity index (χ3v) is 6.16. The van der Waals surface area contributed by atoms with Crippen molar-refractivity contribution in [1.82, 2.24) is 10.1 Å². The molecule has 3 saturated heterocycles. The molecule has 4 nitrogen and oxygen atoms in total. The SMILES string of the molecule is Fc1ccc2c(N[C@H]3C4CCN(CC4)C34CC4)noc2c1Cl. The van der Waals surface area contributed by atoms with Crippen LogP contribution in [0.5, 0.6) is 0 Å². The van der Waals surface area contributed by atoms with Crippen molar-refractivity contribution in [3.63, 3.8) is 0 Å². The first-order valence-electron chi connectivity index (χ1n) is 7.94. The largest absolute Gasteiger partial charge is 0.362 e. The number of piperidine rings is 3. The Hall–Kier alpha value is -1.33. The van der Waals surface area contributed by atoms with Gasteiger partial charge in [-0.25, -0.2) is 4.39 Å². The Morgan fingerprint density at radius 1 is 1.32 bits per heavy atom. The van der Waals surface area contributed by atoms with Crippen LogP contribution >= 0.6 is 11.6 Å². The third-order valence-electron chi connectivity index (χ3n) is 5.81. The quantitative estimate of drug-likeness (QED) is 0.916. The molecular weight excluding hydrogens is 305 g/mol. The van der Waals surface area contributed by atoms with Crippen molar-refractivity contribution < 1.29 is 8.91 Å². The van der Waals surface area contributed by atoms with Crippen LogP contribution in [0.4, 0.5) is 10.2 Å². The zero-order valence-corrected chi connectivity index (χ0v) is 12.9. The summed E-state index contributed by atoms with van der Waals surface area (Å²) in [7, 11) is 0. The molecule has 22 heavy (non-hydrogen) atoms. The molecule has 6 rings (SSSR count). The van der Waals surface area contributed by atoms with Crippen molar-refractivity contribution in [3.8, 4) is 0 Å². The number of halogens is 2. The van der Waals surface area contributed by atoms with Crippen molar-refractivity contribution >= 4 is 28.4 Å². The molecule has 4 heterocycles. The van der Waals surface area contributed by atoms with E-state index in [2.05, 4.69) is 15.4 Å². The second-order valence-corrected chi connectivity index (χ2v) is 7.20. The molecule has 0 amide bonds. The summed E-state index contributed by atoms with van der Waals surface area (Å²) < 4.78 is 18.8. The minimum atomic E-state index is -0.474. The fraction of sp³-hybridized carbons (Fsp3) is 0.562. The van der Waals surface area contributed by atoms with E-state index in [9.17, 15) is 4.39 Å². The Morgan fingerprint density at radius 3 is 2.82 bits per heavy atom. The normalized spacial score (nSPS) is 31.8. The average Bonchev–Trinajstić information content (AvgIpc) is 3.21. The summed E-state index contributed by atoms with van der Waals surface area (Å²) in [6, 6.07) is 3.47. The lowest BCUT2D eigenvalue weighted by Crippen LogP contribution is -2.62. The first-order chi connectivity index (χ1) is 10.7. The summed E-state index contributed by atoms with van der Waals surface area (Å²) in [5, 5.41) is 8.49. The molecule has 1 N–H and O–H groups in total. The highest BCUT2D eigenvalue weighted by molar-refractivity contribution is 6.35. The Morgan fingerprint density at radius 2 is 2.09 bits per heavy atom. The van der Waals surface area contributed by atoms with Crippen LogP contribution in [0.1, 0.15) is 25.7 Å². The molecule has 4 aliphatic rings. The van der Waals surface area contributed by atoms with Gasteiger partial charge in [-0.3, -0.25) is 4.90 Å². The van der Waals surface area contributed by atoms with Gasteiger partial charge in [0, 0.05) is 11.6 Å². The summed E-state index contributed by atoms with van der Waals surface area (Å²) in [5.74, 6) is 0.912. The van der Waals surface area contributed by atoms with E-state index in [-0.39, 0.29) is 5.02 Å². The van der Waals surface area contributed by atoms with E-state index in [0.717, 1.165) is 5.39 Å². The van der Waals surface area contributed by atoms with Gasteiger partial charge in [-0.2, -0.15) is 0 Å². The highest BCUT2D eigenvalue weighted by Gasteiger charge is 2.60. The summed E-state index contributed by atoms with van der Waals surface area (Å²) in [4.78, 5) is 2.64. The topological polar surface area (TPSA) is 41.3 Å². The molecule has 2 bridgehead atoms. The fourth-order valence-electron chi connectivity index (χ4n) is 4.52. The number of fused-ring (bicyclic) bond motifs is 3. The van der Waals surface area contributed by atoms with E-state index in [4.69, 9.17) is 16.1 Å². The van der Waals surface area contributed by atoms with Gasteiger partial charge in [0.15, 0.2) is 11.4 Å². The second kappa shape index (κ2) is 4.36. The molecule has 6 heteroatoms. The summed E-state index contributed by atoms with van der Waals surface area (Å²) in [6.07, 6.45) is 4.99. The minimum absolute atomic E-state index is 0.00750. The van der Waals surface area contributed by atoms with Crippen molar-refractivity contribution in [2.45, 2.75) is 37.3 Å². The standard InChI is InChI=1S/C16H17ClFN3O/c17-12-11(18)2-1-10-13(12)22-20-15(10)19-14-9-3-7-21(8-4-9)16(14)5-6-16/h1-2,9,14H,3-8H2,(H,19,20)/t14-/m0/s1. The summed E-state index contributed by atoms with van der Waals surface area (Å²) in [5.41, 5.74) is 0.645. The molecule has 1 saturated carbocycles. The Balaban J connectivity index is 1.53. The number of aromatic nitrogens is 1. The van der Waals surface area contributed by atoms with Gasteiger partial charge in [0.2, 0.25) is 0 Å². The Labute approximate surface area is 132 Å². The third kappa shape index (κ3) is 1.64. The predicted molar refractivity (Wildman–Crippen MR) is 82.6 cm³/mol. The smallest absolute Gasteiger partial charge is 0.190 e. The number of nitrogens with zero attached hydrogens (tertiary/aromatic N) is 2. The summed E-state index contributed by atoms with van der Waals surface area (Å²) in [6.45, 7) is 2.44. The van der Waals surface area contributed by atoms with Crippen molar-refractivity contribution in [1.29, 1.82) is 0 Å². The summed E-state index contributed by atoms with van der Waals surface area (Å²) >= 11 is 5.97. The maximum absolute atomic E-state index is 13.5. The Bertz CT molecular complexity index is 749. The van der Waals surface area contributed by atoms with Crippen LogP contribution in [0, 0.1) is 11.7 Å². The molecule has 2 aromatic rings. The first kappa shape index (κ1) is 13.1. The molecule has 1 atom stereocenters. The molecule has 0 radical (unpaired) electrons. The van der Waals surface area contributed by atoms with Crippen molar-refractivity contribution in [3.05, 3.63) is 23.0 Å². The van der Waals surface area contributed by atoms with Gasteiger partial charge >= 0.3 is 0 Å². The van der Waals surface area contributed by atoms with E-state index in [1.54, 1.807) is 6.07 Å². The lowest BCUT2D eigenvalue weighted by molar-refractivity contribution is 0.0202. The maximum Gasteiger partial charge on any atom is 0.190 e. The number of nitrogens with one attached hydrogen (secondary N) is 1. The van der Waals surface area contributed by atoms with Gasteiger partial charge < -0.3 is 9.84 Å². The van der Waals surface area contributed by atoms with Crippen LogP contribution < -0.4 is 5.32 Å². The van der Waals surface area contributed by atoms with Gasteiger partial charge in [0.1, 0.15) is 10.8 Å². The lowest BCUT2D eigenvalue weighted by atomic mass is 9.77. The average molecular weight is 322 g/mol. The van der Waals surface area contributed by atoms with E-state index >= 15 is 0 Å². The molecule has 1 aromatic heterocycles. The molecule has 1 aromatic carbocycles. The zero-order valence-electron chi connectivity index (χ0n) is 12.1. The van der Waals surface area contributed by atoms with Gasteiger partial charge in [-0.15, -0.1) is 0 Å². The lowest BCUT2D eigenvalue weighted by Gasteiger charge is -2.52. The van der Waals surface area contributed by atoms with Gasteiger partial charge in [-0.1, -0.05) is 16.8 Å². The molecular formula is C16H17ClFN3O. The van der Waals surface area contributed by atoms with Crippen LogP contribution in [-0.2, 0) is 0 Å². The van der Waals surface area contributed by atoms with Crippen LogP contribution in [0.15, 0.2) is 16.7 Å². The number of hydrogen-bond acceptors (Lipinski definition) is 4. The van der Waals surface area contributed by atoms with E-state index < -0.39 is 5.82 Å². The van der Waals surface area contributed by atoms with Gasteiger partial charge in [-0.05, 0) is 56.8 Å². The van der Waals surface area contributed by atoms with Crippen molar-refractivity contribution in [2.75, 3.05) is 18.4 Å². The van der Waals surface area contributed by atoms with Crippen LogP contribution in [0.3, 0.4) is 0 Å². The fourth-order valence-corrected chi connectivity index (χ4v) is 4.72. The molecule has 4 fully saturated rings. The van der Waals surface area contributed by atoms with Gasteiger partial charge in [0.05, 0.1) is 5.39 Å². The van der Waals surface area contributed by atoms with Gasteiger partial charge in [0.25, 0.3) is 0 Å². The molecule has 116 valence electrons. The van der Waals surface area contributed by atoms with E-state index in [1.165, 1.54) is 44.8 Å². The zero-order chi connectivity index (χ0) is 14.9. The molecule has 1 aliphatic carbocycles. The molecule has 3 aliphatic heterocycles. The first-order valence-corrected chi connectivity index (χ1v) is 8.32. The molecule has 1 spiro atoms. The number of benzene rings is 1. The number of hydrogen-bond donors (Lipinski definition) is 1. The number of rotatable bonds is 2. The second-order valence-electron chi connectivity index (χ2n) is 6.82. The highest BCUT2D eigenvalue weighted by Crippen LogP contribution is 2.54. The highest BCUT2D eigenvalue weighted by atomic mass is 35.5. The maximum atomic E-state index is 13.5. The van der Waals surface area contributed by atoms with Crippen LogP contribution in [-0.4, -0.2) is 34.7 Å². The Kier molecular flexibility index (Phi) is 2.60. The minimum Gasteiger partial charge on any atom is -0.362 e. The van der Waals surface area contributed by atoms with Crippen LogP contribution in [0.2, 0.25) is 5.02 Å². The monoisotopic (exact) mass is 321 g/mol. The number of anilines is 1. The predicted octanol–water partition coefficient (Wildman–Crippen LogP) is 3.66. The van der Waals surface area contributed by atoms with E-state index in [0.29, 0.717) is 28.9 Å².